The van der Waals surface area contributed by atoms with E-state index in [0.717, 1.165) is 19.3 Å². The van der Waals surface area contributed by atoms with E-state index >= 15 is 0 Å². The molecule has 0 spiro atoms. The molecule has 2 N–H and O–H groups in total. The predicted molar refractivity (Wildman–Crippen MR) is 74.8 cm³/mol. The SMILES string of the molecule is O=C(NN=CC1CC=CCC1)c1ccccc1CO. The molecule has 1 atom stereocenters. The molecule has 1 amide bonds. The van der Waals surface area contributed by atoms with Crippen molar-refractivity contribution in [3.63, 3.8) is 0 Å². The summed E-state index contributed by atoms with van der Waals surface area (Å²) in [6.45, 7) is -0.152. The van der Waals surface area contributed by atoms with Crippen LogP contribution in [0.15, 0.2) is 41.5 Å². The fourth-order valence-corrected chi connectivity index (χ4v) is 2.09. The van der Waals surface area contributed by atoms with E-state index in [-0.39, 0.29) is 12.5 Å². The van der Waals surface area contributed by atoms with Crippen molar-refractivity contribution < 1.29 is 9.90 Å². The number of carbonyl (C=O) groups excluding carboxylic acids is 1. The third-order valence-corrected chi connectivity index (χ3v) is 3.19. The van der Waals surface area contributed by atoms with Gasteiger partial charge in [0.1, 0.15) is 0 Å². The first-order valence-electron chi connectivity index (χ1n) is 6.48. The van der Waals surface area contributed by atoms with Crippen molar-refractivity contribution in [2.24, 2.45) is 11.0 Å². The third-order valence-electron chi connectivity index (χ3n) is 3.19. The Morgan fingerprint density at radius 2 is 2.26 bits per heavy atom. The van der Waals surface area contributed by atoms with E-state index in [2.05, 4.69) is 22.7 Å². The minimum Gasteiger partial charge on any atom is -0.392 e. The van der Waals surface area contributed by atoms with Gasteiger partial charge in [0, 0.05) is 11.8 Å². The molecule has 0 saturated carbocycles. The number of allylic oxidation sites excluding steroid dienone is 2. The van der Waals surface area contributed by atoms with Crippen LogP contribution < -0.4 is 5.43 Å². The standard InChI is InChI=1S/C15H18N2O2/c18-11-13-8-4-5-9-14(13)15(19)17-16-10-12-6-2-1-3-7-12/h1-2,4-5,8-10,12,18H,3,6-7,11H2,(H,17,19). The molecule has 1 aliphatic rings. The van der Waals surface area contributed by atoms with Gasteiger partial charge in [-0.05, 0) is 36.8 Å². The Kier molecular flexibility index (Phi) is 4.86. The molecule has 0 saturated heterocycles. The zero-order chi connectivity index (χ0) is 13.5. The molecule has 2 rings (SSSR count). The van der Waals surface area contributed by atoms with Gasteiger partial charge in [0.05, 0.1) is 6.61 Å². The van der Waals surface area contributed by atoms with Crippen LogP contribution in [0, 0.1) is 5.92 Å². The first kappa shape index (κ1) is 13.5. The monoisotopic (exact) mass is 258 g/mol. The van der Waals surface area contributed by atoms with Crippen molar-refractivity contribution in [2.45, 2.75) is 25.9 Å². The highest BCUT2D eigenvalue weighted by molar-refractivity contribution is 5.95. The van der Waals surface area contributed by atoms with Crippen LogP contribution in [0.4, 0.5) is 0 Å². The van der Waals surface area contributed by atoms with Crippen molar-refractivity contribution in [2.75, 3.05) is 0 Å². The molecule has 0 radical (unpaired) electrons. The van der Waals surface area contributed by atoms with Crippen LogP contribution in [0.3, 0.4) is 0 Å². The topological polar surface area (TPSA) is 61.7 Å². The maximum absolute atomic E-state index is 11.9. The molecular formula is C15H18N2O2. The van der Waals surface area contributed by atoms with E-state index in [9.17, 15) is 9.90 Å². The van der Waals surface area contributed by atoms with E-state index in [1.807, 2.05) is 0 Å². The second-order valence-electron chi connectivity index (χ2n) is 4.58. The number of hydrazone groups is 1. The Morgan fingerprint density at radius 3 is 3.00 bits per heavy atom. The predicted octanol–water partition coefficient (Wildman–Crippen LogP) is 2.25. The number of amides is 1. The summed E-state index contributed by atoms with van der Waals surface area (Å²) in [5, 5.41) is 13.2. The third kappa shape index (κ3) is 3.76. The summed E-state index contributed by atoms with van der Waals surface area (Å²) in [5.74, 6) is 0.116. The number of hydrogen-bond acceptors (Lipinski definition) is 3. The molecule has 0 heterocycles. The van der Waals surface area contributed by atoms with Gasteiger partial charge in [0.2, 0.25) is 0 Å². The van der Waals surface area contributed by atoms with E-state index in [0.29, 0.717) is 17.0 Å². The Morgan fingerprint density at radius 1 is 1.42 bits per heavy atom. The average molecular weight is 258 g/mol. The fraction of sp³-hybridized carbons (Fsp3) is 0.333. The van der Waals surface area contributed by atoms with E-state index in [1.54, 1.807) is 30.5 Å². The first-order chi connectivity index (χ1) is 9.31. The number of rotatable bonds is 4. The van der Waals surface area contributed by atoms with Crippen LogP contribution in [0.2, 0.25) is 0 Å². The number of benzene rings is 1. The molecule has 0 bridgehead atoms. The molecule has 1 aliphatic carbocycles. The number of nitrogens with one attached hydrogen (secondary N) is 1. The number of aliphatic hydroxyl groups excluding tert-OH is 1. The summed E-state index contributed by atoms with van der Waals surface area (Å²) < 4.78 is 0. The highest BCUT2D eigenvalue weighted by Crippen LogP contribution is 2.15. The molecule has 4 heteroatoms. The number of nitrogens with zero attached hydrogens (tertiary/aromatic N) is 1. The molecule has 100 valence electrons. The molecule has 0 fully saturated rings. The Hall–Kier alpha value is -1.94. The number of hydrogen-bond donors (Lipinski definition) is 2. The molecule has 1 aromatic rings. The van der Waals surface area contributed by atoms with Crippen molar-refractivity contribution in [1.82, 2.24) is 5.43 Å². The molecule has 1 unspecified atom stereocenters. The first-order valence-corrected chi connectivity index (χ1v) is 6.48. The summed E-state index contributed by atoms with van der Waals surface area (Å²) in [7, 11) is 0. The van der Waals surface area contributed by atoms with Crippen molar-refractivity contribution >= 4 is 12.1 Å². The van der Waals surface area contributed by atoms with Gasteiger partial charge in [0.25, 0.3) is 5.91 Å². The van der Waals surface area contributed by atoms with Gasteiger partial charge in [-0.25, -0.2) is 5.43 Å². The summed E-state index contributed by atoms with van der Waals surface area (Å²) in [6, 6.07) is 6.97. The van der Waals surface area contributed by atoms with Gasteiger partial charge in [-0.1, -0.05) is 30.4 Å². The summed E-state index contributed by atoms with van der Waals surface area (Å²) in [4.78, 5) is 11.9. The molecule has 19 heavy (non-hydrogen) atoms. The number of aliphatic hydroxyl groups is 1. The fourth-order valence-electron chi connectivity index (χ4n) is 2.09. The quantitative estimate of drug-likeness (QED) is 0.494. The highest BCUT2D eigenvalue weighted by Gasteiger charge is 2.10. The van der Waals surface area contributed by atoms with Crippen molar-refractivity contribution in [3.8, 4) is 0 Å². The largest absolute Gasteiger partial charge is 0.392 e. The van der Waals surface area contributed by atoms with Gasteiger partial charge < -0.3 is 5.11 Å². The number of carbonyl (C=O) groups is 1. The second-order valence-corrected chi connectivity index (χ2v) is 4.58. The lowest BCUT2D eigenvalue weighted by Crippen LogP contribution is -2.20. The van der Waals surface area contributed by atoms with Gasteiger partial charge in [0.15, 0.2) is 0 Å². The summed E-state index contributed by atoms with van der Waals surface area (Å²) in [6.07, 6.45) is 9.22. The Balaban J connectivity index is 1.93. The van der Waals surface area contributed by atoms with E-state index < -0.39 is 0 Å². The summed E-state index contributed by atoms with van der Waals surface area (Å²) >= 11 is 0. The lowest BCUT2D eigenvalue weighted by Gasteiger charge is -2.12. The summed E-state index contributed by atoms with van der Waals surface area (Å²) in [5.41, 5.74) is 3.59. The maximum atomic E-state index is 11.9. The maximum Gasteiger partial charge on any atom is 0.271 e. The Bertz CT molecular complexity index is 495. The minimum atomic E-state index is -0.285. The zero-order valence-electron chi connectivity index (χ0n) is 10.7. The smallest absolute Gasteiger partial charge is 0.271 e. The Labute approximate surface area is 112 Å². The zero-order valence-corrected chi connectivity index (χ0v) is 10.7. The van der Waals surface area contributed by atoms with Crippen molar-refractivity contribution in [3.05, 3.63) is 47.5 Å². The molecule has 0 aliphatic heterocycles. The van der Waals surface area contributed by atoms with Crippen LogP contribution in [-0.4, -0.2) is 17.2 Å². The van der Waals surface area contributed by atoms with Crippen LogP contribution >= 0.6 is 0 Å². The van der Waals surface area contributed by atoms with E-state index in [1.165, 1.54) is 0 Å². The average Bonchev–Trinajstić information content (AvgIpc) is 2.48. The van der Waals surface area contributed by atoms with Crippen LogP contribution in [0.1, 0.15) is 35.2 Å². The second kappa shape index (κ2) is 6.85. The lowest BCUT2D eigenvalue weighted by molar-refractivity contribution is 0.0952. The lowest BCUT2D eigenvalue weighted by atomic mass is 9.96. The van der Waals surface area contributed by atoms with Crippen LogP contribution in [0.25, 0.3) is 0 Å². The minimum absolute atomic E-state index is 0.152. The molecule has 0 aromatic heterocycles. The highest BCUT2D eigenvalue weighted by atomic mass is 16.3. The van der Waals surface area contributed by atoms with Gasteiger partial charge in [-0.3, -0.25) is 4.79 Å². The molecule has 1 aromatic carbocycles. The van der Waals surface area contributed by atoms with Crippen LogP contribution in [0.5, 0.6) is 0 Å². The van der Waals surface area contributed by atoms with Crippen LogP contribution in [-0.2, 0) is 6.61 Å². The van der Waals surface area contributed by atoms with Crippen molar-refractivity contribution in [1.29, 1.82) is 0 Å². The molecular weight excluding hydrogens is 240 g/mol. The normalized spacial score (nSPS) is 18.7. The molecule has 4 nitrogen and oxygen atoms in total. The van der Waals surface area contributed by atoms with E-state index in [4.69, 9.17) is 0 Å². The van der Waals surface area contributed by atoms with Gasteiger partial charge >= 0.3 is 0 Å². The van der Waals surface area contributed by atoms with Gasteiger partial charge in [-0.2, -0.15) is 5.10 Å². The van der Waals surface area contributed by atoms with Gasteiger partial charge in [-0.15, -0.1) is 0 Å².